The third kappa shape index (κ3) is 6.40. The van der Waals surface area contributed by atoms with Gasteiger partial charge in [0.2, 0.25) is 11.8 Å². The van der Waals surface area contributed by atoms with Gasteiger partial charge in [-0.15, -0.1) is 11.3 Å². The molecule has 8 heteroatoms. The van der Waals surface area contributed by atoms with Crippen LogP contribution in [0.25, 0.3) is 11.3 Å². The molecule has 0 bridgehead atoms. The van der Waals surface area contributed by atoms with E-state index in [1.54, 1.807) is 17.0 Å². The van der Waals surface area contributed by atoms with Crippen molar-refractivity contribution in [2.75, 3.05) is 12.3 Å². The first-order valence-corrected chi connectivity index (χ1v) is 10.8. The summed E-state index contributed by atoms with van der Waals surface area (Å²) < 4.78 is 13.8. The Morgan fingerprint density at radius 2 is 1.83 bits per heavy atom. The van der Waals surface area contributed by atoms with E-state index in [1.807, 2.05) is 35.7 Å². The molecule has 29 heavy (non-hydrogen) atoms. The fourth-order valence-electron chi connectivity index (χ4n) is 2.63. The van der Waals surface area contributed by atoms with Gasteiger partial charge in [-0.1, -0.05) is 42.1 Å². The van der Waals surface area contributed by atoms with Gasteiger partial charge in [0.25, 0.3) is 0 Å². The Hall–Kier alpha value is -2.71. The minimum absolute atomic E-state index is 0.0846. The predicted octanol–water partition coefficient (Wildman–Crippen LogP) is 3.95. The van der Waals surface area contributed by atoms with Gasteiger partial charge < -0.3 is 10.6 Å². The van der Waals surface area contributed by atoms with Crippen molar-refractivity contribution in [2.24, 2.45) is 5.73 Å². The summed E-state index contributed by atoms with van der Waals surface area (Å²) in [5.41, 5.74) is 7.82. The molecule has 0 radical (unpaired) electrons. The lowest BCUT2D eigenvalue weighted by molar-refractivity contribution is -0.129. The zero-order valence-electron chi connectivity index (χ0n) is 15.6. The Balaban J connectivity index is 1.61. The molecule has 0 atom stereocenters. The van der Waals surface area contributed by atoms with E-state index in [9.17, 15) is 14.0 Å². The fourth-order valence-corrected chi connectivity index (χ4v) is 4.37. The van der Waals surface area contributed by atoms with E-state index in [0.29, 0.717) is 6.54 Å². The summed E-state index contributed by atoms with van der Waals surface area (Å²) in [5.74, 6) is -0.605. The molecule has 0 fully saturated rings. The highest BCUT2D eigenvalue weighted by molar-refractivity contribution is 8.01. The molecule has 5 nitrogen and oxygen atoms in total. The molecule has 3 aromatic rings. The molecule has 0 aliphatic heterocycles. The number of nitrogens with zero attached hydrogens (tertiary/aromatic N) is 2. The smallest absolute Gasteiger partial charge is 0.233 e. The second-order valence-corrected chi connectivity index (χ2v) is 8.39. The van der Waals surface area contributed by atoms with Crippen LogP contribution in [0, 0.1) is 5.82 Å². The van der Waals surface area contributed by atoms with Gasteiger partial charge >= 0.3 is 0 Å². The number of aromatic nitrogens is 1. The lowest BCUT2D eigenvalue weighted by Gasteiger charge is -2.22. The Labute approximate surface area is 176 Å². The summed E-state index contributed by atoms with van der Waals surface area (Å²) in [6.07, 6.45) is 0.120. The highest BCUT2D eigenvalue weighted by Crippen LogP contribution is 2.28. The standard InChI is InChI=1S/C21H20FN3O2S2/c22-17-8-6-16(7-9-17)18-13-28-21(24-18)29-14-20(27)25(11-10-19(23)26)12-15-4-2-1-3-5-15/h1-9,13H,10-12,14H2,(H2,23,26). The molecule has 1 heterocycles. The number of hydrogen-bond acceptors (Lipinski definition) is 5. The first-order valence-electron chi connectivity index (χ1n) is 8.95. The van der Waals surface area contributed by atoms with Gasteiger partial charge in [-0.2, -0.15) is 0 Å². The van der Waals surface area contributed by atoms with Crippen LogP contribution in [-0.4, -0.2) is 34.0 Å². The summed E-state index contributed by atoms with van der Waals surface area (Å²) in [5, 5.41) is 1.88. The van der Waals surface area contributed by atoms with E-state index >= 15 is 0 Å². The van der Waals surface area contributed by atoms with Crippen molar-refractivity contribution >= 4 is 34.9 Å². The molecule has 2 amide bonds. The van der Waals surface area contributed by atoms with Crippen molar-refractivity contribution in [1.29, 1.82) is 0 Å². The minimum Gasteiger partial charge on any atom is -0.370 e. The van der Waals surface area contributed by atoms with Crippen molar-refractivity contribution in [3.8, 4) is 11.3 Å². The zero-order chi connectivity index (χ0) is 20.6. The Kier molecular flexibility index (Phi) is 7.37. The van der Waals surface area contributed by atoms with E-state index in [0.717, 1.165) is 21.2 Å². The average Bonchev–Trinajstić information content (AvgIpc) is 3.19. The van der Waals surface area contributed by atoms with Crippen LogP contribution in [0.1, 0.15) is 12.0 Å². The first kappa shape index (κ1) is 21.0. The fraction of sp³-hybridized carbons (Fsp3) is 0.190. The van der Waals surface area contributed by atoms with Crippen molar-refractivity contribution < 1.29 is 14.0 Å². The van der Waals surface area contributed by atoms with E-state index in [2.05, 4.69) is 4.98 Å². The van der Waals surface area contributed by atoms with Gasteiger partial charge in [0, 0.05) is 30.5 Å². The molecule has 1 aromatic heterocycles. The monoisotopic (exact) mass is 429 g/mol. The topological polar surface area (TPSA) is 76.3 Å². The lowest BCUT2D eigenvalue weighted by atomic mass is 10.2. The van der Waals surface area contributed by atoms with Gasteiger partial charge in [-0.25, -0.2) is 9.37 Å². The third-order valence-corrected chi connectivity index (χ3v) is 6.15. The van der Waals surface area contributed by atoms with Gasteiger partial charge in [0.05, 0.1) is 11.4 Å². The van der Waals surface area contributed by atoms with Gasteiger partial charge in [-0.3, -0.25) is 9.59 Å². The van der Waals surface area contributed by atoms with Crippen molar-refractivity contribution in [3.63, 3.8) is 0 Å². The van der Waals surface area contributed by atoms with Gasteiger partial charge in [0.1, 0.15) is 5.82 Å². The number of rotatable bonds is 9. The molecule has 2 aromatic carbocycles. The number of benzene rings is 2. The maximum atomic E-state index is 13.1. The summed E-state index contributed by atoms with van der Waals surface area (Å²) in [7, 11) is 0. The number of carbonyl (C=O) groups is 2. The number of primary amides is 1. The van der Waals surface area contributed by atoms with Crippen LogP contribution in [0.15, 0.2) is 64.3 Å². The van der Waals surface area contributed by atoms with Crippen molar-refractivity contribution in [1.82, 2.24) is 9.88 Å². The summed E-state index contributed by atoms with van der Waals surface area (Å²) in [6, 6.07) is 15.7. The molecular weight excluding hydrogens is 409 g/mol. The summed E-state index contributed by atoms with van der Waals surface area (Å²) >= 11 is 2.78. The second kappa shape index (κ2) is 10.2. The number of hydrogen-bond donors (Lipinski definition) is 1. The maximum absolute atomic E-state index is 13.1. The molecule has 3 rings (SSSR count). The largest absolute Gasteiger partial charge is 0.370 e. The van der Waals surface area contributed by atoms with E-state index in [4.69, 9.17) is 5.73 Å². The number of carbonyl (C=O) groups excluding carboxylic acids is 2. The van der Waals surface area contributed by atoms with Gasteiger partial charge in [-0.05, 0) is 29.8 Å². The summed E-state index contributed by atoms with van der Waals surface area (Å²) in [6.45, 7) is 0.703. The van der Waals surface area contributed by atoms with Crippen LogP contribution in [0.4, 0.5) is 4.39 Å². The second-order valence-electron chi connectivity index (χ2n) is 6.31. The van der Waals surface area contributed by atoms with Crippen LogP contribution >= 0.6 is 23.1 Å². The quantitative estimate of drug-likeness (QED) is 0.523. The van der Waals surface area contributed by atoms with E-state index in [-0.39, 0.29) is 30.4 Å². The normalized spacial score (nSPS) is 10.7. The van der Waals surface area contributed by atoms with E-state index < -0.39 is 5.91 Å². The van der Waals surface area contributed by atoms with Crippen LogP contribution in [-0.2, 0) is 16.1 Å². The summed E-state index contributed by atoms with van der Waals surface area (Å²) in [4.78, 5) is 30.1. The zero-order valence-corrected chi connectivity index (χ0v) is 17.2. The minimum atomic E-state index is -0.438. The third-order valence-electron chi connectivity index (χ3n) is 4.14. The molecule has 0 unspecified atom stereocenters. The molecule has 0 saturated heterocycles. The van der Waals surface area contributed by atoms with Crippen LogP contribution < -0.4 is 5.73 Å². The Bertz CT molecular complexity index is 962. The Morgan fingerprint density at radius 3 is 2.52 bits per heavy atom. The number of halogens is 1. The highest BCUT2D eigenvalue weighted by atomic mass is 32.2. The first-order chi connectivity index (χ1) is 14.0. The van der Waals surface area contributed by atoms with Crippen LogP contribution in [0.2, 0.25) is 0 Å². The SMILES string of the molecule is NC(=O)CCN(Cc1ccccc1)C(=O)CSc1nc(-c2ccc(F)cc2)cs1. The highest BCUT2D eigenvalue weighted by Gasteiger charge is 2.16. The number of nitrogens with two attached hydrogens (primary N) is 1. The Morgan fingerprint density at radius 1 is 1.10 bits per heavy atom. The molecule has 0 aliphatic carbocycles. The molecule has 0 aliphatic rings. The van der Waals surface area contributed by atoms with Crippen molar-refractivity contribution in [2.45, 2.75) is 17.3 Å². The number of amides is 2. The van der Waals surface area contributed by atoms with Crippen LogP contribution in [0.5, 0.6) is 0 Å². The van der Waals surface area contributed by atoms with Crippen LogP contribution in [0.3, 0.4) is 0 Å². The van der Waals surface area contributed by atoms with Gasteiger partial charge in [0.15, 0.2) is 4.34 Å². The van der Waals surface area contributed by atoms with Crippen molar-refractivity contribution in [3.05, 3.63) is 71.4 Å². The molecule has 2 N–H and O–H groups in total. The molecule has 0 saturated carbocycles. The molecule has 150 valence electrons. The van der Waals surface area contributed by atoms with E-state index in [1.165, 1.54) is 35.2 Å². The molecule has 0 spiro atoms. The lowest BCUT2D eigenvalue weighted by Crippen LogP contribution is -2.34. The number of thioether (sulfide) groups is 1. The average molecular weight is 430 g/mol. The molecular formula is C21H20FN3O2S2. The number of thiazole rings is 1. The predicted molar refractivity (Wildman–Crippen MR) is 114 cm³/mol. The maximum Gasteiger partial charge on any atom is 0.233 e.